The fraction of sp³-hybridized carbons (Fsp3) is 0.455. The molecular weight excluding hydrogens is 350 g/mol. The monoisotopic (exact) mass is 379 g/mol. The summed E-state index contributed by atoms with van der Waals surface area (Å²) >= 11 is 0. The first-order chi connectivity index (χ1) is 13.7. The SMILES string of the molecule is CN1CCN(c2cc(C(=O)Nc3ccccc3CN3CCCC3)ccn2)CC1. The third-order valence-corrected chi connectivity index (χ3v) is 5.69. The summed E-state index contributed by atoms with van der Waals surface area (Å²) in [5.74, 6) is 0.803. The lowest BCUT2D eigenvalue weighted by molar-refractivity contribution is 0.102. The zero-order valence-corrected chi connectivity index (χ0v) is 16.6. The zero-order valence-electron chi connectivity index (χ0n) is 16.6. The van der Waals surface area contributed by atoms with Gasteiger partial charge in [-0.3, -0.25) is 9.69 Å². The Balaban J connectivity index is 1.46. The molecule has 2 saturated heterocycles. The molecule has 0 spiro atoms. The van der Waals surface area contributed by atoms with Crippen LogP contribution in [0.1, 0.15) is 28.8 Å². The first-order valence-electron chi connectivity index (χ1n) is 10.2. The number of amides is 1. The van der Waals surface area contributed by atoms with Gasteiger partial charge in [0.05, 0.1) is 0 Å². The largest absolute Gasteiger partial charge is 0.354 e. The van der Waals surface area contributed by atoms with Gasteiger partial charge in [-0.1, -0.05) is 18.2 Å². The quantitative estimate of drug-likeness (QED) is 0.866. The summed E-state index contributed by atoms with van der Waals surface area (Å²) in [6, 6.07) is 11.8. The molecule has 4 rings (SSSR count). The van der Waals surface area contributed by atoms with E-state index >= 15 is 0 Å². The smallest absolute Gasteiger partial charge is 0.255 e. The number of carbonyl (C=O) groups excluding carboxylic acids is 1. The molecule has 0 atom stereocenters. The number of likely N-dealkylation sites (N-methyl/N-ethyl adjacent to an activating group) is 1. The van der Waals surface area contributed by atoms with Crippen LogP contribution in [0.15, 0.2) is 42.6 Å². The highest BCUT2D eigenvalue weighted by molar-refractivity contribution is 6.05. The predicted octanol–water partition coefficient (Wildman–Crippen LogP) is 2.68. The number of benzene rings is 1. The van der Waals surface area contributed by atoms with Crippen LogP contribution in [0.4, 0.5) is 11.5 Å². The number of hydrogen-bond donors (Lipinski definition) is 1. The second-order valence-corrected chi connectivity index (χ2v) is 7.79. The van der Waals surface area contributed by atoms with Crippen molar-refractivity contribution in [3.8, 4) is 0 Å². The molecule has 3 heterocycles. The van der Waals surface area contributed by atoms with Gasteiger partial charge in [0.1, 0.15) is 5.82 Å². The lowest BCUT2D eigenvalue weighted by atomic mass is 10.1. The fourth-order valence-electron chi connectivity index (χ4n) is 3.92. The van der Waals surface area contributed by atoms with Crippen molar-refractivity contribution in [2.24, 2.45) is 0 Å². The lowest BCUT2D eigenvalue weighted by Crippen LogP contribution is -2.44. The number of pyridine rings is 1. The molecule has 2 aliphatic rings. The Hall–Kier alpha value is -2.44. The Kier molecular flexibility index (Phi) is 5.88. The summed E-state index contributed by atoms with van der Waals surface area (Å²) in [5.41, 5.74) is 2.73. The topological polar surface area (TPSA) is 51.7 Å². The van der Waals surface area contributed by atoms with Crippen molar-refractivity contribution in [3.05, 3.63) is 53.7 Å². The standard InChI is InChI=1S/C22H29N5O/c1-25-12-14-27(15-13-25)21-16-18(8-9-23-21)22(28)24-20-7-3-2-6-19(20)17-26-10-4-5-11-26/h2-3,6-9,16H,4-5,10-15,17H2,1H3,(H,24,28). The summed E-state index contributed by atoms with van der Waals surface area (Å²) in [7, 11) is 2.13. The Morgan fingerprint density at radius 2 is 1.79 bits per heavy atom. The van der Waals surface area contributed by atoms with Crippen LogP contribution in [0.3, 0.4) is 0 Å². The lowest BCUT2D eigenvalue weighted by Gasteiger charge is -2.33. The molecule has 0 saturated carbocycles. The molecule has 1 N–H and O–H groups in total. The van der Waals surface area contributed by atoms with Gasteiger partial charge in [-0.15, -0.1) is 0 Å². The molecule has 148 valence electrons. The molecule has 2 aromatic rings. The molecule has 1 aromatic carbocycles. The first-order valence-corrected chi connectivity index (χ1v) is 10.2. The number of hydrogen-bond acceptors (Lipinski definition) is 5. The Morgan fingerprint density at radius 3 is 2.57 bits per heavy atom. The number of nitrogens with zero attached hydrogens (tertiary/aromatic N) is 4. The molecule has 2 aliphatic heterocycles. The van der Waals surface area contributed by atoms with Crippen molar-refractivity contribution in [3.63, 3.8) is 0 Å². The Morgan fingerprint density at radius 1 is 1.04 bits per heavy atom. The van der Waals surface area contributed by atoms with E-state index in [1.165, 1.54) is 18.4 Å². The van der Waals surface area contributed by atoms with Gasteiger partial charge >= 0.3 is 0 Å². The molecule has 2 fully saturated rings. The second-order valence-electron chi connectivity index (χ2n) is 7.79. The second kappa shape index (κ2) is 8.71. The number of nitrogens with one attached hydrogen (secondary N) is 1. The van der Waals surface area contributed by atoms with Gasteiger partial charge in [-0.05, 0) is 56.7 Å². The van der Waals surface area contributed by atoms with E-state index in [2.05, 4.69) is 38.1 Å². The van der Waals surface area contributed by atoms with E-state index in [0.29, 0.717) is 5.56 Å². The number of likely N-dealkylation sites (tertiary alicyclic amines) is 1. The van der Waals surface area contributed by atoms with E-state index in [4.69, 9.17) is 0 Å². The zero-order chi connectivity index (χ0) is 19.3. The van der Waals surface area contributed by atoms with Crippen LogP contribution in [0.5, 0.6) is 0 Å². The molecule has 1 amide bonds. The van der Waals surface area contributed by atoms with Crippen LogP contribution in [-0.2, 0) is 6.54 Å². The van der Waals surface area contributed by atoms with Crippen LogP contribution in [0, 0.1) is 0 Å². The molecule has 28 heavy (non-hydrogen) atoms. The van der Waals surface area contributed by atoms with Crippen molar-refractivity contribution < 1.29 is 4.79 Å². The van der Waals surface area contributed by atoms with Gasteiger partial charge < -0.3 is 15.1 Å². The van der Waals surface area contributed by atoms with Gasteiger partial charge in [-0.25, -0.2) is 4.98 Å². The molecule has 0 aliphatic carbocycles. The first kappa shape index (κ1) is 18.9. The van der Waals surface area contributed by atoms with Gasteiger partial charge in [0.15, 0.2) is 0 Å². The summed E-state index contributed by atoms with van der Waals surface area (Å²) < 4.78 is 0. The van der Waals surface area contributed by atoms with Gasteiger partial charge in [0.25, 0.3) is 5.91 Å². The van der Waals surface area contributed by atoms with Crippen LogP contribution in [0.2, 0.25) is 0 Å². The summed E-state index contributed by atoms with van der Waals surface area (Å²) in [6.07, 6.45) is 4.26. The maximum absolute atomic E-state index is 12.9. The van der Waals surface area contributed by atoms with Gasteiger partial charge in [0, 0.05) is 50.2 Å². The highest BCUT2D eigenvalue weighted by atomic mass is 16.1. The minimum absolute atomic E-state index is 0.0772. The highest BCUT2D eigenvalue weighted by Crippen LogP contribution is 2.21. The summed E-state index contributed by atoms with van der Waals surface area (Å²) in [4.78, 5) is 24.4. The molecular formula is C22H29N5O. The summed E-state index contributed by atoms with van der Waals surface area (Å²) in [5, 5.41) is 3.12. The third kappa shape index (κ3) is 4.51. The average Bonchev–Trinajstić information content (AvgIpc) is 3.23. The molecule has 6 nitrogen and oxygen atoms in total. The number of carbonyl (C=O) groups is 1. The molecule has 0 bridgehead atoms. The highest BCUT2D eigenvalue weighted by Gasteiger charge is 2.18. The number of anilines is 2. The van der Waals surface area contributed by atoms with Crippen molar-refractivity contribution in [2.75, 3.05) is 56.5 Å². The molecule has 6 heteroatoms. The van der Waals surface area contributed by atoms with Crippen molar-refractivity contribution >= 4 is 17.4 Å². The van der Waals surface area contributed by atoms with E-state index in [1.54, 1.807) is 12.3 Å². The average molecular weight is 380 g/mol. The van der Waals surface area contributed by atoms with Crippen LogP contribution in [-0.4, -0.2) is 67.0 Å². The van der Waals surface area contributed by atoms with Crippen molar-refractivity contribution in [1.82, 2.24) is 14.8 Å². The predicted molar refractivity (Wildman–Crippen MR) is 113 cm³/mol. The molecule has 0 radical (unpaired) electrons. The van der Waals surface area contributed by atoms with E-state index in [0.717, 1.165) is 57.3 Å². The van der Waals surface area contributed by atoms with Gasteiger partial charge in [-0.2, -0.15) is 0 Å². The molecule has 1 aromatic heterocycles. The Bertz CT molecular complexity index is 810. The van der Waals surface area contributed by atoms with Crippen molar-refractivity contribution in [2.45, 2.75) is 19.4 Å². The van der Waals surface area contributed by atoms with E-state index in [-0.39, 0.29) is 5.91 Å². The third-order valence-electron chi connectivity index (χ3n) is 5.69. The maximum Gasteiger partial charge on any atom is 0.255 e. The maximum atomic E-state index is 12.9. The number of aromatic nitrogens is 1. The minimum atomic E-state index is -0.0772. The fourth-order valence-corrected chi connectivity index (χ4v) is 3.92. The van der Waals surface area contributed by atoms with Crippen LogP contribution >= 0.6 is 0 Å². The number of rotatable bonds is 5. The molecule has 0 unspecified atom stereocenters. The Labute approximate surface area is 167 Å². The van der Waals surface area contributed by atoms with E-state index < -0.39 is 0 Å². The summed E-state index contributed by atoms with van der Waals surface area (Å²) in [6.45, 7) is 7.08. The minimum Gasteiger partial charge on any atom is -0.354 e. The van der Waals surface area contributed by atoms with Crippen LogP contribution in [0.25, 0.3) is 0 Å². The normalized spacial score (nSPS) is 18.4. The van der Waals surface area contributed by atoms with E-state index in [9.17, 15) is 4.79 Å². The van der Waals surface area contributed by atoms with Crippen LogP contribution < -0.4 is 10.2 Å². The number of piperazine rings is 1. The van der Waals surface area contributed by atoms with E-state index in [1.807, 2.05) is 24.3 Å². The number of para-hydroxylation sites is 1. The van der Waals surface area contributed by atoms with Gasteiger partial charge in [0.2, 0.25) is 0 Å². The van der Waals surface area contributed by atoms with Crippen molar-refractivity contribution in [1.29, 1.82) is 0 Å².